The Balaban J connectivity index is 1.94. The summed E-state index contributed by atoms with van der Waals surface area (Å²) in [4.78, 5) is 2.23. The van der Waals surface area contributed by atoms with E-state index in [2.05, 4.69) is 46.0 Å². The van der Waals surface area contributed by atoms with Gasteiger partial charge >= 0.3 is 0 Å². The first kappa shape index (κ1) is 14.8. The molecule has 1 aliphatic rings. The van der Waals surface area contributed by atoms with E-state index in [-0.39, 0.29) is 6.61 Å². The van der Waals surface area contributed by atoms with E-state index < -0.39 is 0 Å². The Kier molecular flexibility index (Phi) is 5.86. The highest BCUT2D eigenvalue weighted by Crippen LogP contribution is 2.26. The van der Waals surface area contributed by atoms with Crippen LogP contribution >= 0.6 is 0 Å². The van der Waals surface area contributed by atoms with E-state index in [4.69, 9.17) is 10.8 Å². The maximum absolute atomic E-state index is 8.70. The molecule has 20 heavy (non-hydrogen) atoms. The van der Waals surface area contributed by atoms with Gasteiger partial charge in [0, 0.05) is 56.7 Å². The lowest BCUT2D eigenvalue weighted by Crippen LogP contribution is -2.27. The van der Waals surface area contributed by atoms with Crippen molar-refractivity contribution in [3.05, 3.63) is 35.5 Å². The maximum Gasteiger partial charge on any atom is 0.0555 e. The fourth-order valence-electron chi connectivity index (χ4n) is 2.36. The molecule has 5 N–H and O–H groups in total. The number of aliphatic hydroxyl groups is 1. The van der Waals surface area contributed by atoms with Crippen LogP contribution in [0.2, 0.25) is 0 Å². The topological polar surface area (TPSA) is 73.5 Å². The molecular weight excluding hydrogens is 252 g/mol. The summed E-state index contributed by atoms with van der Waals surface area (Å²) in [6, 6.07) is 6.35. The van der Waals surface area contributed by atoms with Crippen LogP contribution in [0.15, 0.2) is 24.4 Å². The molecular formula is C15H24N4O. The van der Waals surface area contributed by atoms with Crippen molar-refractivity contribution >= 4 is 11.8 Å². The second-order valence-corrected chi connectivity index (χ2v) is 4.85. The largest absolute Gasteiger partial charge is 0.395 e. The number of nitrogens with zero attached hydrogens (tertiary/aromatic N) is 1. The highest BCUT2D eigenvalue weighted by molar-refractivity contribution is 5.70. The number of nitrogens with one attached hydrogen (secondary N) is 2. The molecule has 0 atom stereocenters. The van der Waals surface area contributed by atoms with Gasteiger partial charge in [0.25, 0.3) is 0 Å². The van der Waals surface area contributed by atoms with Crippen molar-refractivity contribution in [2.45, 2.75) is 6.54 Å². The third-order valence-corrected chi connectivity index (χ3v) is 3.34. The third-order valence-electron chi connectivity index (χ3n) is 3.34. The third kappa shape index (κ3) is 3.96. The van der Waals surface area contributed by atoms with Crippen LogP contribution in [0.1, 0.15) is 11.1 Å². The summed E-state index contributed by atoms with van der Waals surface area (Å²) in [6.45, 7) is 4.99. The fraction of sp³-hybridized carbons (Fsp3) is 0.467. The number of aliphatic hydroxyl groups excluding tert-OH is 1. The average molecular weight is 276 g/mol. The first-order valence-corrected chi connectivity index (χ1v) is 7.15. The molecule has 110 valence electrons. The monoisotopic (exact) mass is 276 g/mol. The molecule has 0 spiro atoms. The van der Waals surface area contributed by atoms with Gasteiger partial charge in [0.1, 0.15) is 0 Å². The zero-order chi connectivity index (χ0) is 14.2. The number of hydrogen-bond donors (Lipinski definition) is 4. The number of fused-ring (bicyclic) bond motifs is 1. The Morgan fingerprint density at radius 1 is 1.25 bits per heavy atom. The molecule has 0 aliphatic carbocycles. The van der Waals surface area contributed by atoms with Crippen LogP contribution in [0, 0.1) is 0 Å². The lowest BCUT2D eigenvalue weighted by atomic mass is 10.0. The first-order chi connectivity index (χ1) is 9.85. The van der Waals surface area contributed by atoms with Crippen molar-refractivity contribution in [1.29, 1.82) is 0 Å². The SMILES string of the molecule is NCCN1C=Cc2c(cccc2NCCNCCO)C1. The normalized spacial score (nSPS) is 13.4. The zero-order valence-corrected chi connectivity index (χ0v) is 11.8. The Morgan fingerprint density at radius 2 is 2.15 bits per heavy atom. The van der Waals surface area contributed by atoms with Gasteiger partial charge in [-0.25, -0.2) is 0 Å². The minimum Gasteiger partial charge on any atom is -0.395 e. The molecule has 1 aromatic rings. The van der Waals surface area contributed by atoms with Crippen LogP contribution in [-0.4, -0.2) is 49.3 Å². The Bertz CT molecular complexity index is 447. The second-order valence-electron chi connectivity index (χ2n) is 4.85. The molecule has 2 rings (SSSR count). The van der Waals surface area contributed by atoms with E-state index in [0.717, 1.165) is 31.9 Å². The van der Waals surface area contributed by atoms with E-state index in [9.17, 15) is 0 Å². The molecule has 1 aromatic carbocycles. The fourth-order valence-corrected chi connectivity index (χ4v) is 2.36. The molecule has 0 saturated heterocycles. The van der Waals surface area contributed by atoms with Crippen LogP contribution in [0.3, 0.4) is 0 Å². The van der Waals surface area contributed by atoms with Gasteiger partial charge in [-0.2, -0.15) is 0 Å². The molecule has 0 amide bonds. The number of anilines is 1. The number of benzene rings is 1. The van der Waals surface area contributed by atoms with Gasteiger partial charge in [-0.1, -0.05) is 12.1 Å². The van der Waals surface area contributed by atoms with Crippen LogP contribution in [0.5, 0.6) is 0 Å². The van der Waals surface area contributed by atoms with Crippen molar-refractivity contribution in [2.75, 3.05) is 44.6 Å². The molecule has 0 saturated carbocycles. The molecule has 0 aromatic heterocycles. The standard InChI is InChI=1S/C15H24N4O/c16-5-10-19-9-4-14-13(12-19)2-1-3-15(14)18-7-6-17-8-11-20/h1-4,9,17-18,20H,5-8,10-12,16H2. The summed E-state index contributed by atoms with van der Waals surface area (Å²) in [7, 11) is 0. The van der Waals surface area contributed by atoms with Crippen LogP contribution < -0.4 is 16.4 Å². The van der Waals surface area contributed by atoms with Crippen molar-refractivity contribution in [3.8, 4) is 0 Å². The van der Waals surface area contributed by atoms with Gasteiger partial charge < -0.3 is 26.4 Å². The van der Waals surface area contributed by atoms with Crippen molar-refractivity contribution in [2.24, 2.45) is 5.73 Å². The molecule has 0 fully saturated rings. The van der Waals surface area contributed by atoms with E-state index >= 15 is 0 Å². The van der Waals surface area contributed by atoms with E-state index in [1.165, 1.54) is 11.1 Å². The molecule has 5 heteroatoms. The van der Waals surface area contributed by atoms with Gasteiger partial charge in [-0.05, 0) is 17.7 Å². The average Bonchev–Trinajstić information content (AvgIpc) is 2.47. The van der Waals surface area contributed by atoms with Crippen molar-refractivity contribution < 1.29 is 5.11 Å². The van der Waals surface area contributed by atoms with Crippen LogP contribution in [0.25, 0.3) is 6.08 Å². The molecule has 0 bridgehead atoms. The molecule has 0 unspecified atom stereocenters. The summed E-state index contributed by atoms with van der Waals surface area (Å²) in [5.41, 5.74) is 9.36. The van der Waals surface area contributed by atoms with Crippen molar-refractivity contribution in [3.63, 3.8) is 0 Å². The summed E-state index contributed by atoms with van der Waals surface area (Å²) in [6.07, 6.45) is 4.27. The zero-order valence-electron chi connectivity index (χ0n) is 11.8. The number of rotatable bonds is 8. The van der Waals surface area contributed by atoms with Crippen molar-refractivity contribution in [1.82, 2.24) is 10.2 Å². The number of hydrogen-bond acceptors (Lipinski definition) is 5. The summed E-state index contributed by atoms with van der Waals surface area (Å²) in [5.74, 6) is 0. The minimum atomic E-state index is 0.181. The predicted molar refractivity (Wildman–Crippen MR) is 83.4 cm³/mol. The van der Waals surface area contributed by atoms with Crippen LogP contribution in [-0.2, 0) is 6.54 Å². The molecule has 1 aliphatic heterocycles. The Hall–Kier alpha value is -1.56. The smallest absolute Gasteiger partial charge is 0.0555 e. The summed E-state index contributed by atoms with van der Waals surface area (Å²) < 4.78 is 0. The molecule has 0 radical (unpaired) electrons. The van der Waals surface area contributed by atoms with Crippen LogP contribution in [0.4, 0.5) is 5.69 Å². The second kappa shape index (κ2) is 7.89. The van der Waals surface area contributed by atoms with E-state index in [0.29, 0.717) is 13.1 Å². The molecule has 1 heterocycles. The quantitative estimate of drug-likeness (QED) is 0.518. The first-order valence-electron chi connectivity index (χ1n) is 7.15. The highest BCUT2D eigenvalue weighted by atomic mass is 16.3. The Labute approximate surface area is 120 Å². The van der Waals surface area contributed by atoms with E-state index in [1.54, 1.807) is 0 Å². The summed E-state index contributed by atoms with van der Waals surface area (Å²) in [5, 5.41) is 15.3. The maximum atomic E-state index is 8.70. The van der Waals surface area contributed by atoms with Gasteiger partial charge in [0.15, 0.2) is 0 Å². The lowest BCUT2D eigenvalue weighted by Gasteiger charge is -2.26. The molecule has 5 nitrogen and oxygen atoms in total. The van der Waals surface area contributed by atoms with Gasteiger partial charge in [0.05, 0.1) is 6.61 Å². The minimum absolute atomic E-state index is 0.181. The lowest BCUT2D eigenvalue weighted by molar-refractivity contribution is 0.293. The number of nitrogens with two attached hydrogens (primary N) is 1. The summed E-state index contributed by atoms with van der Waals surface area (Å²) >= 11 is 0. The van der Waals surface area contributed by atoms with Gasteiger partial charge in [0.2, 0.25) is 0 Å². The van der Waals surface area contributed by atoms with Gasteiger partial charge in [-0.15, -0.1) is 0 Å². The highest BCUT2D eigenvalue weighted by Gasteiger charge is 2.12. The predicted octanol–water partition coefficient (Wildman–Crippen LogP) is 0.425. The Morgan fingerprint density at radius 3 is 2.95 bits per heavy atom. The van der Waals surface area contributed by atoms with Gasteiger partial charge in [-0.3, -0.25) is 0 Å². The van der Waals surface area contributed by atoms with E-state index in [1.807, 2.05) is 0 Å².